The number of likely N-dealkylation sites (N-methyl/N-ethyl adjacent to an activating group) is 1. The van der Waals surface area contributed by atoms with Gasteiger partial charge in [0.25, 0.3) is 6.29 Å². The lowest BCUT2D eigenvalue weighted by Gasteiger charge is -2.25. The van der Waals surface area contributed by atoms with Crippen molar-refractivity contribution in [1.82, 2.24) is 0 Å². The number of hydrogen-bond acceptors (Lipinski definition) is 7. The molecular formula is C80H144NO8+. The normalized spacial score (nSPS) is 13.1. The average molecular weight is 1250 g/mol. The number of aliphatic carboxylic acids is 1. The van der Waals surface area contributed by atoms with Gasteiger partial charge < -0.3 is 28.5 Å². The molecule has 9 heteroatoms. The molecule has 0 aliphatic rings. The lowest BCUT2D eigenvalue weighted by atomic mass is 10.0. The van der Waals surface area contributed by atoms with Gasteiger partial charge in [-0.3, -0.25) is 9.59 Å². The smallest absolute Gasteiger partial charge is 0.361 e. The van der Waals surface area contributed by atoms with Gasteiger partial charge in [0.05, 0.1) is 34.4 Å². The molecule has 1 N–H and O–H groups in total. The number of rotatable bonds is 70. The summed E-state index contributed by atoms with van der Waals surface area (Å²) >= 11 is 0. The van der Waals surface area contributed by atoms with Crippen molar-refractivity contribution >= 4 is 17.9 Å². The lowest BCUT2D eigenvalue weighted by molar-refractivity contribution is -0.870. The van der Waals surface area contributed by atoms with E-state index < -0.39 is 18.4 Å². The van der Waals surface area contributed by atoms with Crippen LogP contribution in [0.2, 0.25) is 0 Å². The van der Waals surface area contributed by atoms with Crippen molar-refractivity contribution in [3.05, 3.63) is 85.1 Å². The van der Waals surface area contributed by atoms with Crippen LogP contribution in [0, 0.1) is 0 Å². The summed E-state index contributed by atoms with van der Waals surface area (Å²) in [6, 6.07) is 0. The van der Waals surface area contributed by atoms with Gasteiger partial charge in [0.15, 0.2) is 6.10 Å². The Kier molecular flexibility index (Phi) is 67.6. The van der Waals surface area contributed by atoms with E-state index >= 15 is 0 Å². The van der Waals surface area contributed by atoms with Gasteiger partial charge >= 0.3 is 17.9 Å². The zero-order chi connectivity index (χ0) is 64.7. The minimum atomic E-state index is -1.51. The van der Waals surface area contributed by atoms with Crippen LogP contribution in [0.5, 0.6) is 0 Å². The second kappa shape index (κ2) is 70.3. The number of carboxylic acids is 1. The van der Waals surface area contributed by atoms with E-state index in [1.165, 1.54) is 238 Å². The van der Waals surface area contributed by atoms with Gasteiger partial charge in [-0.2, -0.15) is 0 Å². The highest BCUT2D eigenvalue weighted by Crippen LogP contribution is 2.19. The first-order valence-electron chi connectivity index (χ1n) is 37.8. The first kappa shape index (κ1) is 85.5. The number of ether oxygens (including phenoxy) is 4. The molecule has 0 fully saturated rings. The number of carbonyl (C=O) groups excluding carboxylic acids is 2. The van der Waals surface area contributed by atoms with E-state index in [0.29, 0.717) is 17.4 Å². The van der Waals surface area contributed by atoms with Crippen molar-refractivity contribution < 1.29 is 42.9 Å². The molecule has 0 saturated carbocycles. The fraction of sp³-hybridized carbons (Fsp3) is 0.787. The van der Waals surface area contributed by atoms with Crippen LogP contribution in [-0.4, -0.2) is 87.4 Å². The Hall–Kier alpha value is -3.53. The quantitative estimate of drug-likeness (QED) is 0.0211. The first-order valence-corrected chi connectivity index (χ1v) is 37.8. The Morgan fingerprint density at radius 1 is 0.348 bits per heavy atom. The summed E-state index contributed by atoms with van der Waals surface area (Å²) in [7, 11) is 5.99. The Bertz CT molecular complexity index is 1740. The molecular weight excluding hydrogens is 1100 g/mol. The van der Waals surface area contributed by atoms with Crippen molar-refractivity contribution in [2.45, 2.75) is 360 Å². The highest BCUT2D eigenvalue weighted by molar-refractivity contribution is 5.71. The molecule has 516 valence electrons. The maximum Gasteiger partial charge on any atom is 0.361 e. The topological polar surface area (TPSA) is 108 Å². The van der Waals surface area contributed by atoms with Gasteiger partial charge in [0.1, 0.15) is 13.2 Å². The first-order chi connectivity index (χ1) is 43.6. The Labute approximate surface area is 550 Å². The minimum Gasteiger partial charge on any atom is -0.477 e. The molecule has 0 radical (unpaired) electrons. The van der Waals surface area contributed by atoms with E-state index in [4.69, 9.17) is 18.9 Å². The molecule has 0 spiro atoms. The lowest BCUT2D eigenvalue weighted by Crippen LogP contribution is -2.40. The molecule has 2 unspecified atom stereocenters. The number of quaternary nitrogens is 1. The monoisotopic (exact) mass is 1250 g/mol. The van der Waals surface area contributed by atoms with E-state index in [1.807, 2.05) is 21.1 Å². The molecule has 2 atom stereocenters. The molecule has 89 heavy (non-hydrogen) atoms. The van der Waals surface area contributed by atoms with E-state index in [0.717, 1.165) is 83.5 Å². The molecule has 0 aromatic carbocycles. The van der Waals surface area contributed by atoms with E-state index in [2.05, 4.69) is 98.9 Å². The summed E-state index contributed by atoms with van der Waals surface area (Å²) in [6.07, 6.45) is 92.9. The molecule has 0 amide bonds. The number of hydrogen-bond donors (Lipinski definition) is 1. The third-order valence-corrected chi connectivity index (χ3v) is 16.7. The minimum absolute atomic E-state index is 0.178. The molecule has 0 aromatic heterocycles. The second-order valence-electron chi connectivity index (χ2n) is 26.6. The predicted octanol–water partition coefficient (Wildman–Crippen LogP) is 23.8. The standard InChI is InChI=1S/C80H143NO8/c1-6-8-10-12-14-16-18-20-22-24-26-28-30-31-32-33-34-35-36-37-38-39-40-41-42-43-44-45-46-47-49-51-53-55-57-59-61-63-65-67-69-71-78(83)89-76(75-88-80(79(84)85)86-73-72-81(3,4)5)74-87-77(82)70-68-66-64-62-60-58-56-54-52-50-48-29-27-25-23-21-19-17-15-13-11-9-7-2/h8,10,14,16,20,22,26,28,31-32,34-35,37-38,76,80H,6-7,9,11-13,15,17-19,21,23-25,27,29-30,33,36,39-75H2,1-5H3/p+1/b10-8-,16-14-,22-20-,28-26-,32-31-,35-34-,38-37-. The molecule has 0 aromatic rings. The van der Waals surface area contributed by atoms with Crippen LogP contribution >= 0.6 is 0 Å². The zero-order valence-corrected chi connectivity index (χ0v) is 59.1. The van der Waals surface area contributed by atoms with Crippen LogP contribution in [0.1, 0.15) is 348 Å². The Morgan fingerprint density at radius 2 is 0.640 bits per heavy atom. The third-order valence-electron chi connectivity index (χ3n) is 16.7. The van der Waals surface area contributed by atoms with Crippen LogP contribution in [0.25, 0.3) is 0 Å². The number of nitrogens with zero attached hydrogens (tertiary/aromatic N) is 1. The van der Waals surface area contributed by atoms with Crippen LogP contribution in [0.4, 0.5) is 0 Å². The zero-order valence-electron chi connectivity index (χ0n) is 59.1. The largest absolute Gasteiger partial charge is 0.477 e. The summed E-state index contributed by atoms with van der Waals surface area (Å²) < 4.78 is 23.0. The predicted molar refractivity (Wildman–Crippen MR) is 382 cm³/mol. The van der Waals surface area contributed by atoms with Crippen LogP contribution in [-0.2, 0) is 33.3 Å². The average Bonchev–Trinajstić information content (AvgIpc) is 3.64. The Morgan fingerprint density at radius 3 is 0.955 bits per heavy atom. The maximum absolute atomic E-state index is 13.0. The van der Waals surface area contributed by atoms with E-state index in [9.17, 15) is 19.5 Å². The third kappa shape index (κ3) is 71.8. The summed E-state index contributed by atoms with van der Waals surface area (Å²) in [5, 5.41) is 9.76. The molecule has 0 aliphatic heterocycles. The number of carbonyl (C=O) groups is 3. The molecule has 0 aliphatic carbocycles. The molecule has 0 rings (SSSR count). The number of unbranched alkanes of at least 4 members (excludes halogenated alkanes) is 41. The summed E-state index contributed by atoms with van der Waals surface area (Å²) in [4.78, 5) is 37.7. The van der Waals surface area contributed by atoms with Crippen molar-refractivity contribution in [2.24, 2.45) is 0 Å². The van der Waals surface area contributed by atoms with Crippen molar-refractivity contribution in [1.29, 1.82) is 0 Å². The van der Waals surface area contributed by atoms with Gasteiger partial charge in [-0.05, 0) is 70.6 Å². The fourth-order valence-electron chi connectivity index (χ4n) is 10.9. The summed E-state index contributed by atoms with van der Waals surface area (Å²) in [6.45, 7) is 4.82. The highest BCUT2D eigenvalue weighted by atomic mass is 16.7. The molecule has 0 saturated heterocycles. The van der Waals surface area contributed by atoms with Crippen molar-refractivity contribution in [3.8, 4) is 0 Å². The van der Waals surface area contributed by atoms with Gasteiger partial charge in [-0.1, -0.05) is 349 Å². The summed E-state index contributed by atoms with van der Waals surface area (Å²) in [5.41, 5.74) is 0. The molecule has 0 bridgehead atoms. The summed E-state index contributed by atoms with van der Waals surface area (Å²) in [5.74, 6) is -1.98. The van der Waals surface area contributed by atoms with Crippen LogP contribution in [0.15, 0.2) is 85.1 Å². The van der Waals surface area contributed by atoms with Crippen molar-refractivity contribution in [3.63, 3.8) is 0 Å². The number of esters is 2. The Balaban J connectivity index is 4.00. The van der Waals surface area contributed by atoms with Gasteiger partial charge in [-0.15, -0.1) is 0 Å². The SMILES string of the molecule is CC/C=C\C/C=C\C/C=C\C/C=C\C/C=C\C/C=C\C/C=C\CCCCCCCCCCCCCCCCCCCCCC(=O)OC(COC(=O)CCCCCCCCCCCCCCCCCCCCCCCCC)COC(OCC[N+](C)(C)C)C(=O)O. The number of allylic oxidation sites excluding steroid dienone is 14. The van der Waals surface area contributed by atoms with Gasteiger partial charge in [0, 0.05) is 12.8 Å². The fourth-order valence-corrected chi connectivity index (χ4v) is 10.9. The van der Waals surface area contributed by atoms with Crippen LogP contribution < -0.4 is 0 Å². The van der Waals surface area contributed by atoms with E-state index in [-0.39, 0.29) is 38.2 Å². The number of carboxylic acid groups (broad SMARTS) is 1. The van der Waals surface area contributed by atoms with Gasteiger partial charge in [-0.25, -0.2) is 4.79 Å². The highest BCUT2D eigenvalue weighted by Gasteiger charge is 2.25. The van der Waals surface area contributed by atoms with E-state index in [1.54, 1.807) is 0 Å². The van der Waals surface area contributed by atoms with Crippen LogP contribution in [0.3, 0.4) is 0 Å². The van der Waals surface area contributed by atoms with Gasteiger partial charge in [0.2, 0.25) is 0 Å². The maximum atomic E-state index is 13.0. The second-order valence-corrected chi connectivity index (χ2v) is 26.6. The van der Waals surface area contributed by atoms with Crippen molar-refractivity contribution in [2.75, 3.05) is 47.5 Å². The molecule has 0 heterocycles. The molecule has 9 nitrogen and oxygen atoms in total.